The minimum Gasteiger partial charge on any atom is -0.393 e. The van der Waals surface area contributed by atoms with Crippen LogP contribution in [0, 0.1) is 12.8 Å². The molecule has 1 aromatic rings. The highest BCUT2D eigenvalue weighted by atomic mass is 16.5. The summed E-state index contributed by atoms with van der Waals surface area (Å²) in [4.78, 5) is 14.5. The van der Waals surface area contributed by atoms with Crippen LogP contribution >= 0.6 is 0 Å². The molecule has 1 aliphatic heterocycles. The van der Waals surface area contributed by atoms with Crippen LogP contribution in [0.25, 0.3) is 0 Å². The standard InChI is InChI=1S/C19H28N2O3/c1-14-4-2-5-15(10-14)11-20-19(23)12-21-8-9-24-13-17(21)16-6-3-7-18(16)22/h2,4-5,10,16-18,22H,3,6-9,11-13H2,1H3,(H,20,23)/t16-,17+,18+/m0/s1. The molecule has 5 heteroatoms. The Kier molecular flexibility index (Phi) is 5.87. The van der Waals surface area contributed by atoms with E-state index in [0.29, 0.717) is 26.3 Å². The second-order valence-corrected chi connectivity index (χ2v) is 7.04. The third kappa shape index (κ3) is 4.35. The van der Waals surface area contributed by atoms with Crippen molar-refractivity contribution < 1.29 is 14.6 Å². The Balaban J connectivity index is 1.53. The lowest BCUT2D eigenvalue weighted by molar-refractivity contribution is -0.126. The van der Waals surface area contributed by atoms with Gasteiger partial charge in [0.2, 0.25) is 5.91 Å². The molecule has 1 amide bonds. The number of morpholine rings is 1. The summed E-state index contributed by atoms with van der Waals surface area (Å²) >= 11 is 0. The van der Waals surface area contributed by atoms with E-state index in [1.807, 2.05) is 12.1 Å². The first-order valence-corrected chi connectivity index (χ1v) is 8.95. The lowest BCUT2D eigenvalue weighted by atomic mass is 9.94. The van der Waals surface area contributed by atoms with Crippen molar-refractivity contribution in [3.63, 3.8) is 0 Å². The van der Waals surface area contributed by atoms with Crippen molar-refractivity contribution in [1.82, 2.24) is 10.2 Å². The molecule has 24 heavy (non-hydrogen) atoms. The van der Waals surface area contributed by atoms with Gasteiger partial charge in [-0.1, -0.05) is 36.2 Å². The molecular weight excluding hydrogens is 304 g/mol. The van der Waals surface area contributed by atoms with Crippen LogP contribution in [0.15, 0.2) is 24.3 Å². The summed E-state index contributed by atoms with van der Waals surface area (Å²) in [5.41, 5.74) is 2.32. The normalized spacial score (nSPS) is 28.0. The molecule has 1 heterocycles. The molecule has 1 aliphatic carbocycles. The Morgan fingerprint density at radius 2 is 2.29 bits per heavy atom. The quantitative estimate of drug-likeness (QED) is 0.857. The number of ether oxygens (including phenoxy) is 1. The van der Waals surface area contributed by atoms with Crippen LogP contribution in [-0.2, 0) is 16.1 Å². The van der Waals surface area contributed by atoms with E-state index in [0.717, 1.165) is 31.4 Å². The van der Waals surface area contributed by atoms with Crippen LogP contribution in [0.2, 0.25) is 0 Å². The summed E-state index contributed by atoms with van der Waals surface area (Å²) in [6.07, 6.45) is 2.70. The SMILES string of the molecule is Cc1cccc(CNC(=O)CN2CCOC[C@@H]2[C@@H]2CCC[C@H]2O)c1. The van der Waals surface area contributed by atoms with E-state index < -0.39 is 0 Å². The van der Waals surface area contributed by atoms with Crippen molar-refractivity contribution in [1.29, 1.82) is 0 Å². The minimum atomic E-state index is -0.255. The van der Waals surface area contributed by atoms with E-state index >= 15 is 0 Å². The molecule has 1 aromatic carbocycles. The first-order valence-electron chi connectivity index (χ1n) is 8.95. The number of nitrogens with zero attached hydrogens (tertiary/aromatic N) is 1. The van der Waals surface area contributed by atoms with Gasteiger partial charge in [-0.05, 0) is 25.3 Å². The van der Waals surface area contributed by atoms with Gasteiger partial charge in [0.25, 0.3) is 0 Å². The highest BCUT2D eigenvalue weighted by molar-refractivity contribution is 5.78. The van der Waals surface area contributed by atoms with Crippen molar-refractivity contribution in [3.05, 3.63) is 35.4 Å². The zero-order valence-corrected chi connectivity index (χ0v) is 14.4. The fraction of sp³-hybridized carbons (Fsp3) is 0.632. The van der Waals surface area contributed by atoms with Crippen molar-refractivity contribution in [2.24, 2.45) is 5.92 Å². The molecule has 132 valence electrons. The van der Waals surface area contributed by atoms with Gasteiger partial charge < -0.3 is 15.2 Å². The molecule has 2 fully saturated rings. The van der Waals surface area contributed by atoms with Crippen molar-refractivity contribution in [2.75, 3.05) is 26.3 Å². The smallest absolute Gasteiger partial charge is 0.234 e. The molecule has 0 radical (unpaired) electrons. The largest absolute Gasteiger partial charge is 0.393 e. The summed E-state index contributed by atoms with van der Waals surface area (Å²) in [7, 11) is 0. The fourth-order valence-corrected chi connectivity index (χ4v) is 3.93. The predicted octanol–water partition coefficient (Wildman–Crippen LogP) is 1.47. The van der Waals surface area contributed by atoms with Crippen LogP contribution in [0.1, 0.15) is 30.4 Å². The van der Waals surface area contributed by atoms with Gasteiger partial charge in [0.15, 0.2) is 0 Å². The Morgan fingerprint density at radius 1 is 1.42 bits per heavy atom. The molecule has 5 nitrogen and oxygen atoms in total. The van der Waals surface area contributed by atoms with E-state index in [4.69, 9.17) is 4.74 Å². The number of aliphatic hydroxyl groups is 1. The molecule has 3 rings (SSSR count). The number of carbonyl (C=O) groups excluding carboxylic acids is 1. The Morgan fingerprint density at radius 3 is 3.04 bits per heavy atom. The van der Waals surface area contributed by atoms with Crippen molar-refractivity contribution >= 4 is 5.91 Å². The van der Waals surface area contributed by atoms with Gasteiger partial charge in [-0.3, -0.25) is 9.69 Å². The summed E-state index contributed by atoms with van der Waals surface area (Å²) < 4.78 is 5.61. The summed E-state index contributed by atoms with van der Waals surface area (Å²) in [5, 5.41) is 13.2. The maximum atomic E-state index is 12.4. The molecule has 0 aromatic heterocycles. The predicted molar refractivity (Wildman–Crippen MR) is 92.6 cm³/mol. The molecule has 0 bridgehead atoms. The molecule has 0 spiro atoms. The number of nitrogens with one attached hydrogen (secondary N) is 1. The lowest BCUT2D eigenvalue weighted by Gasteiger charge is -2.39. The molecule has 2 N–H and O–H groups in total. The van der Waals surface area contributed by atoms with Crippen LogP contribution in [0.3, 0.4) is 0 Å². The maximum absolute atomic E-state index is 12.4. The molecule has 1 saturated heterocycles. The van der Waals surface area contributed by atoms with E-state index in [1.165, 1.54) is 5.56 Å². The second-order valence-electron chi connectivity index (χ2n) is 7.04. The topological polar surface area (TPSA) is 61.8 Å². The Bertz CT molecular complexity index is 563. The first kappa shape index (κ1) is 17.4. The monoisotopic (exact) mass is 332 g/mol. The van der Waals surface area contributed by atoms with E-state index in [1.54, 1.807) is 0 Å². The highest BCUT2D eigenvalue weighted by Crippen LogP contribution is 2.32. The van der Waals surface area contributed by atoms with Gasteiger partial charge in [0.1, 0.15) is 0 Å². The van der Waals surface area contributed by atoms with Crippen LogP contribution in [-0.4, -0.2) is 54.4 Å². The lowest BCUT2D eigenvalue weighted by Crippen LogP contribution is -2.53. The number of amides is 1. The van der Waals surface area contributed by atoms with Crippen molar-refractivity contribution in [2.45, 2.75) is 44.9 Å². The minimum absolute atomic E-state index is 0.0379. The molecule has 2 aliphatic rings. The first-order chi connectivity index (χ1) is 11.6. The van der Waals surface area contributed by atoms with Gasteiger partial charge in [-0.2, -0.15) is 0 Å². The van der Waals surface area contributed by atoms with E-state index in [2.05, 4.69) is 29.3 Å². The Labute approximate surface area is 144 Å². The zero-order chi connectivity index (χ0) is 16.9. The van der Waals surface area contributed by atoms with Gasteiger partial charge in [0, 0.05) is 25.0 Å². The number of hydrogen-bond donors (Lipinski definition) is 2. The fourth-order valence-electron chi connectivity index (χ4n) is 3.93. The van der Waals surface area contributed by atoms with Crippen LogP contribution in [0.5, 0.6) is 0 Å². The summed E-state index contributed by atoms with van der Waals surface area (Å²) in [5.74, 6) is 0.269. The number of aryl methyl sites for hydroxylation is 1. The Hall–Kier alpha value is -1.43. The van der Waals surface area contributed by atoms with E-state index in [9.17, 15) is 9.90 Å². The molecule has 1 saturated carbocycles. The third-order valence-corrected chi connectivity index (χ3v) is 5.23. The number of carbonyl (C=O) groups is 1. The highest BCUT2D eigenvalue weighted by Gasteiger charge is 2.38. The molecular formula is C19H28N2O3. The number of benzene rings is 1. The van der Waals surface area contributed by atoms with Crippen LogP contribution < -0.4 is 5.32 Å². The maximum Gasteiger partial charge on any atom is 0.234 e. The molecule has 0 unspecified atom stereocenters. The average Bonchev–Trinajstić information content (AvgIpc) is 2.99. The third-order valence-electron chi connectivity index (χ3n) is 5.23. The van der Waals surface area contributed by atoms with Gasteiger partial charge >= 0.3 is 0 Å². The zero-order valence-electron chi connectivity index (χ0n) is 14.4. The number of hydrogen-bond acceptors (Lipinski definition) is 4. The van der Waals surface area contributed by atoms with Crippen LogP contribution in [0.4, 0.5) is 0 Å². The molecule has 3 atom stereocenters. The second kappa shape index (κ2) is 8.10. The number of aliphatic hydroxyl groups excluding tert-OH is 1. The van der Waals surface area contributed by atoms with E-state index in [-0.39, 0.29) is 24.0 Å². The summed E-state index contributed by atoms with van der Waals surface area (Å²) in [6.45, 7) is 5.02. The summed E-state index contributed by atoms with van der Waals surface area (Å²) in [6, 6.07) is 8.33. The van der Waals surface area contributed by atoms with Crippen molar-refractivity contribution in [3.8, 4) is 0 Å². The average molecular weight is 332 g/mol. The van der Waals surface area contributed by atoms with Gasteiger partial charge in [0.05, 0.1) is 25.9 Å². The number of rotatable bonds is 5. The van der Waals surface area contributed by atoms with Gasteiger partial charge in [-0.15, -0.1) is 0 Å². The van der Waals surface area contributed by atoms with Gasteiger partial charge in [-0.25, -0.2) is 0 Å².